The zero-order valence-corrected chi connectivity index (χ0v) is 17.6. The predicted molar refractivity (Wildman–Crippen MR) is 110 cm³/mol. The number of hydrogen-bond donors (Lipinski definition) is 2. The van der Waals surface area contributed by atoms with E-state index < -0.39 is 0 Å². The summed E-state index contributed by atoms with van der Waals surface area (Å²) in [5, 5.41) is 7.85. The summed E-state index contributed by atoms with van der Waals surface area (Å²) in [6.07, 6.45) is 8.82. The molecule has 2 fully saturated rings. The monoisotopic (exact) mass is 440 g/mol. The van der Waals surface area contributed by atoms with Crippen LogP contribution >= 0.6 is 35.7 Å². The average Bonchev–Trinajstić information content (AvgIpc) is 3.24. The minimum Gasteiger partial charge on any atom is -0.357 e. The lowest BCUT2D eigenvalue weighted by molar-refractivity contribution is 0.253. The Morgan fingerprint density at radius 2 is 2.05 bits per heavy atom. The first kappa shape index (κ1) is 20.4. The Bertz CT molecular complexity index is 349. The van der Waals surface area contributed by atoms with Gasteiger partial charge in [-0.3, -0.25) is 9.89 Å². The first-order valence-corrected chi connectivity index (χ1v) is 9.72. The zero-order valence-electron chi connectivity index (χ0n) is 14.5. The van der Waals surface area contributed by atoms with Crippen LogP contribution in [0.1, 0.15) is 46.0 Å². The van der Waals surface area contributed by atoms with Crippen LogP contribution in [0.2, 0.25) is 0 Å². The average molecular weight is 440 g/mol. The molecule has 2 N–H and O–H groups in total. The van der Waals surface area contributed by atoms with Gasteiger partial charge in [-0.15, -0.1) is 24.0 Å². The van der Waals surface area contributed by atoms with Gasteiger partial charge in [0, 0.05) is 29.9 Å². The number of halogens is 1. The Labute approximate surface area is 157 Å². The molecule has 2 saturated carbocycles. The minimum atomic E-state index is 0. The van der Waals surface area contributed by atoms with Gasteiger partial charge >= 0.3 is 0 Å². The minimum absolute atomic E-state index is 0. The van der Waals surface area contributed by atoms with E-state index in [9.17, 15) is 0 Å². The molecule has 130 valence electrons. The highest BCUT2D eigenvalue weighted by atomic mass is 127. The maximum absolute atomic E-state index is 4.80. The summed E-state index contributed by atoms with van der Waals surface area (Å²) in [5.74, 6) is 1.00. The van der Waals surface area contributed by atoms with Crippen LogP contribution < -0.4 is 10.6 Å². The van der Waals surface area contributed by atoms with E-state index in [1.807, 2.05) is 11.8 Å². The van der Waals surface area contributed by atoms with Crippen LogP contribution in [0.5, 0.6) is 0 Å². The van der Waals surface area contributed by atoms with E-state index in [2.05, 4.69) is 42.7 Å². The summed E-state index contributed by atoms with van der Waals surface area (Å²) in [4.78, 5) is 7.28. The van der Waals surface area contributed by atoms with Crippen molar-refractivity contribution < 1.29 is 0 Å². The number of nitrogens with zero attached hydrogens (tertiary/aromatic N) is 2. The van der Waals surface area contributed by atoms with Crippen LogP contribution in [-0.4, -0.2) is 60.6 Å². The summed E-state index contributed by atoms with van der Waals surface area (Å²) >= 11 is 2.00. The lowest BCUT2D eigenvalue weighted by Gasteiger charge is -2.24. The van der Waals surface area contributed by atoms with E-state index in [1.165, 1.54) is 32.1 Å². The van der Waals surface area contributed by atoms with Gasteiger partial charge in [-0.25, -0.2) is 0 Å². The number of aliphatic imine (C=N–C) groups is 1. The molecule has 0 amide bonds. The van der Waals surface area contributed by atoms with E-state index in [-0.39, 0.29) is 24.0 Å². The van der Waals surface area contributed by atoms with Crippen LogP contribution in [0.4, 0.5) is 0 Å². The molecule has 0 aromatic heterocycles. The molecule has 0 heterocycles. The largest absolute Gasteiger partial charge is 0.357 e. The van der Waals surface area contributed by atoms with Gasteiger partial charge in [-0.05, 0) is 59.3 Å². The fourth-order valence-corrected chi connectivity index (χ4v) is 3.79. The van der Waals surface area contributed by atoms with Crippen molar-refractivity contribution in [2.24, 2.45) is 4.99 Å². The summed E-state index contributed by atoms with van der Waals surface area (Å²) in [7, 11) is 2.23. The molecule has 2 aliphatic rings. The van der Waals surface area contributed by atoms with Crippen molar-refractivity contribution in [3.05, 3.63) is 0 Å². The summed E-state index contributed by atoms with van der Waals surface area (Å²) in [6, 6.07) is 1.93. The highest BCUT2D eigenvalue weighted by molar-refractivity contribution is 14.0. The lowest BCUT2D eigenvalue weighted by Crippen LogP contribution is -2.43. The van der Waals surface area contributed by atoms with Crippen LogP contribution in [0, 0.1) is 0 Å². The number of thioether (sulfide) groups is 1. The molecule has 0 aromatic rings. The standard InChI is InChI=1S/C16H32N4S.HI/c1-5-17-16(19-13-6-9-15(10-13)21-4)18-11-12(2)20(3)14-7-8-14;/h12-15H,5-11H2,1-4H3,(H2,17,18,19);1H. The molecular formula is C16H33IN4S. The molecule has 2 rings (SSSR count). The third-order valence-corrected chi connectivity index (χ3v) is 5.83. The number of rotatable bonds is 7. The third-order valence-electron chi connectivity index (χ3n) is 4.73. The first-order chi connectivity index (χ1) is 10.1. The molecule has 6 heteroatoms. The van der Waals surface area contributed by atoms with Crippen molar-refractivity contribution in [3.63, 3.8) is 0 Å². The third kappa shape index (κ3) is 6.43. The molecule has 22 heavy (non-hydrogen) atoms. The van der Waals surface area contributed by atoms with Crippen molar-refractivity contribution in [2.45, 2.75) is 69.3 Å². The molecule has 2 aliphatic carbocycles. The zero-order chi connectivity index (χ0) is 15.2. The highest BCUT2D eigenvalue weighted by Gasteiger charge is 2.29. The topological polar surface area (TPSA) is 39.7 Å². The van der Waals surface area contributed by atoms with Crippen molar-refractivity contribution in [2.75, 3.05) is 26.4 Å². The van der Waals surface area contributed by atoms with E-state index >= 15 is 0 Å². The van der Waals surface area contributed by atoms with Gasteiger partial charge in [0.25, 0.3) is 0 Å². The molecule has 0 aliphatic heterocycles. The number of likely N-dealkylation sites (N-methyl/N-ethyl adjacent to an activating group) is 1. The van der Waals surface area contributed by atoms with Gasteiger partial charge in [0.05, 0.1) is 6.54 Å². The van der Waals surface area contributed by atoms with Crippen molar-refractivity contribution in [3.8, 4) is 0 Å². The second-order valence-corrected chi connectivity index (χ2v) is 7.62. The van der Waals surface area contributed by atoms with Gasteiger partial charge in [0.1, 0.15) is 0 Å². The van der Waals surface area contributed by atoms with Crippen LogP contribution in [0.3, 0.4) is 0 Å². The van der Waals surface area contributed by atoms with Gasteiger partial charge in [-0.2, -0.15) is 11.8 Å². The number of nitrogens with one attached hydrogen (secondary N) is 2. The van der Waals surface area contributed by atoms with Crippen molar-refractivity contribution in [1.82, 2.24) is 15.5 Å². The molecule has 3 atom stereocenters. The number of guanidine groups is 1. The molecule has 0 spiro atoms. The molecular weight excluding hydrogens is 407 g/mol. The van der Waals surface area contributed by atoms with E-state index in [0.29, 0.717) is 12.1 Å². The fourth-order valence-electron chi connectivity index (χ4n) is 2.99. The quantitative estimate of drug-likeness (QED) is 0.363. The van der Waals surface area contributed by atoms with Crippen molar-refractivity contribution >= 4 is 41.7 Å². The highest BCUT2D eigenvalue weighted by Crippen LogP contribution is 2.28. The Morgan fingerprint density at radius 1 is 1.32 bits per heavy atom. The Kier molecular flexibility index (Phi) is 9.47. The van der Waals surface area contributed by atoms with Gasteiger partial charge in [0.2, 0.25) is 0 Å². The maximum atomic E-state index is 4.80. The van der Waals surface area contributed by atoms with Crippen LogP contribution in [-0.2, 0) is 0 Å². The molecule has 0 radical (unpaired) electrons. The van der Waals surface area contributed by atoms with Gasteiger partial charge < -0.3 is 10.6 Å². The van der Waals surface area contributed by atoms with Crippen LogP contribution in [0.25, 0.3) is 0 Å². The molecule has 0 bridgehead atoms. The van der Waals surface area contributed by atoms with Gasteiger partial charge in [0.15, 0.2) is 5.96 Å². The van der Waals surface area contributed by atoms with E-state index in [1.54, 1.807) is 0 Å². The number of hydrogen-bond acceptors (Lipinski definition) is 3. The molecule has 4 nitrogen and oxygen atoms in total. The molecule has 0 saturated heterocycles. The van der Waals surface area contributed by atoms with Gasteiger partial charge in [-0.1, -0.05) is 0 Å². The predicted octanol–water partition coefficient (Wildman–Crippen LogP) is 2.93. The lowest BCUT2D eigenvalue weighted by atomic mass is 10.2. The second kappa shape index (κ2) is 10.2. The molecule has 0 aromatic carbocycles. The maximum Gasteiger partial charge on any atom is 0.191 e. The Balaban J connectivity index is 0.00000242. The van der Waals surface area contributed by atoms with Crippen LogP contribution in [0.15, 0.2) is 4.99 Å². The SMILES string of the molecule is CCNC(=NCC(C)N(C)C1CC1)NC1CCC(SC)C1.I. The van der Waals surface area contributed by atoms with Crippen molar-refractivity contribution in [1.29, 1.82) is 0 Å². The Hall–Kier alpha value is 0.310. The van der Waals surface area contributed by atoms with E-state index in [4.69, 9.17) is 4.99 Å². The smallest absolute Gasteiger partial charge is 0.191 e. The Morgan fingerprint density at radius 3 is 2.59 bits per heavy atom. The normalized spacial score (nSPS) is 26.7. The first-order valence-electron chi connectivity index (χ1n) is 8.43. The molecule has 3 unspecified atom stereocenters. The fraction of sp³-hybridized carbons (Fsp3) is 0.938. The summed E-state index contributed by atoms with van der Waals surface area (Å²) in [5.41, 5.74) is 0. The van der Waals surface area contributed by atoms with E-state index in [0.717, 1.165) is 30.3 Å². The second-order valence-electron chi connectivity index (χ2n) is 6.48. The summed E-state index contributed by atoms with van der Waals surface area (Å²) in [6.45, 7) is 6.22. The summed E-state index contributed by atoms with van der Waals surface area (Å²) < 4.78 is 0.